The highest BCUT2D eigenvalue weighted by Crippen LogP contribution is 2.35. The maximum atomic E-state index is 5.39. The monoisotopic (exact) mass is 240 g/mol. The maximum absolute atomic E-state index is 5.39. The molecule has 0 fully saturated rings. The van der Waals surface area contributed by atoms with Crippen LogP contribution in [0.4, 0.5) is 0 Å². The maximum Gasteiger partial charge on any atom is 0.0138 e. The first-order chi connectivity index (χ1) is 8.79. The van der Waals surface area contributed by atoms with Gasteiger partial charge >= 0.3 is 0 Å². The Labute approximate surface area is 112 Å². The Morgan fingerprint density at radius 2 is 1.89 bits per heavy atom. The summed E-state index contributed by atoms with van der Waals surface area (Å²) in [5.74, 6) is 2.64. The van der Waals surface area contributed by atoms with Crippen LogP contribution in [0, 0.1) is 12.3 Å². The van der Waals surface area contributed by atoms with E-state index in [1.807, 2.05) is 6.08 Å². The highest BCUT2D eigenvalue weighted by atomic mass is 14.3. The number of hydrogen-bond acceptors (Lipinski definition) is 0. The zero-order chi connectivity index (χ0) is 13.3. The molecular formula is C18H24. The molecule has 0 heterocycles. The number of hydrogen-bond donors (Lipinski definition) is 0. The van der Waals surface area contributed by atoms with Gasteiger partial charge in [-0.05, 0) is 24.5 Å². The minimum Gasteiger partial charge on any atom is -0.115 e. The van der Waals surface area contributed by atoms with E-state index in [1.54, 1.807) is 0 Å². The van der Waals surface area contributed by atoms with E-state index in [9.17, 15) is 0 Å². The molecule has 0 aliphatic carbocycles. The standard InChI is InChI=1S/C18H24/c1-4-7-12-16-18(6-3,15-8-5-2)17-13-10-9-11-14-17/h2,8-11,13-15H,4,6-7,12,16H2,1,3H3/b15-8+. The van der Waals surface area contributed by atoms with Crippen molar-refractivity contribution in [2.75, 3.05) is 0 Å². The number of unbranched alkanes of at least 4 members (excludes halogenated alkanes) is 2. The van der Waals surface area contributed by atoms with Gasteiger partial charge in [0.05, 0.1) is 0 Å². The Kier molecular flexibility index (Phi) is 6.29. The van der Waals surface area contributed by atoms with Crippen molar-refractivity contribution in [2.45, 2.75) is 51.4 Å². The van der Waals surface area contributed by atoms with E-state index in [2.05, 4.69) is 56.2 Å². The molecule has 1 aromatic rings. The topological polar surface area (TPSA) is 0 Å². The largest absolute Gasteiger partial charge is 0.115 e. The van der Waals surface area contributed by atoms with Crippen molar-refractivity contribution in [2.24, 2.45) is 0 Å². The fourth-order valence-electron chi connectivity index (χ4n) is 2.49. The molecule has 0 saturated carbocycles. The van der Waals surface area contributed by atoms with E-state index in [0.717, 1.165) is 6.42 Å². The summed E-state index contributed by atoms with van der Waals surface area (Å²) in [5.41, 5.74) is 1.50. The molecule has 1 rings (SSSR count). The highest BCUT2D eigenvalue weighted by Gasteiger charge is 2.26. The fraction of sp³-hybridized carbons (Fsp3) is 0.444. The molecule has 0 nitrogen and oxygen atoms in total. The minimum atomic E-state index is 0.114. The van der Waals surface area contributed by atoms with Gasteiger partial charge in [0.2, 0.25) is 0 Å². The van der Waals surface area contributed by atoms with Crippen LogP contribution in [0.15, 0.2) is 42.5 Å². The van der Waals surface area contributed by atoms with Crippen LogP contribution in [-0.4, -0.2) is 0 Å². The summed E-state index contributed by atoms with van der Waals surface area (Å²) >= 11 is 0. The molecule has 18 heavy (non-hydrogen) atoms. The van der Waals surface area contributed by atoms with Crippen LogP contribution < -0.4 is 0 Å². The third-order valence-electron chi connectivity index (χ3n) is 3.70. The second-order valence-electron chi connectivity index (χ2n) is 4.83. The number of rotatable bonds is 7. The SMILES string of the molecule is C#C/C=C/C(CC)(CCCCC)c1ccccc1. The van der Waals surface area contributed by atoms with E-state index < -0.39 is 0 Å². The van der Waals surface area contributed by atoms with Crippen LogP contribution in [-0.2, 0) is 5.41 Å². The third-order valence-corrected chi connectivity index (χ3v) is 3.70. The van der Waals surface area contributed by atoms with Crippen molar-refractivity contribution in [1.82, 2.24) is 0 Å². The van der Waals surface area contributed by atoms with Crippen LogP contribution in [0.2, 0.25) is 0 Å². The van der Waals surface area contributed by atoms with Crippen molar-refractivity contribution in [3.63, 3.8) is 0 Å². The van der Waals surface area contributed by atoms with Gasteiger partial charge in [-0.15, -0.1) is 6.42 Å². The summed E-state index contributed by atoms with van der Waals surface area (Å²) in [4.78, 5) is 0. The molecule has 0 saturated heterocycles. The van der Waals surface area contributed by atoms with Crippen LogP contribution in [0.3, 0.4) is 0 Å². The summed E-state index contributed by atoms with van der Waals surface area (Å²) in [6, 6.07) is 10.7. The zero-order valence-electron chi connectivity index (χ0n) is 11.7. The first kappa shape index (κ1) is 14.6. The molecule has 96 valence electrons. The molecule has 0 aliphatic rings. The van der Waals surface area contributed by atoms with Gasteiger partial charge in [0.25, 0.3) is 0 Å². The number of allylic oxidation sites excluding steroid dienone is 2. The van der Waals surface area contributed by atoms with Gasteiger partial charge < -0.3 is 0 Å². The second-order valence-corrected chi connectivity index (χ2v) is 4.83. The molecule has 0 N–H and O–H groups in total. The summed E-state index contributed by atoms with van der Waals surface area (Å²) in [7, 11) is 0. The van der Waals surface area contributed by atoms with Gasteiger partial charge in [-0.25, -0.2) is 0 Å². The second kappa shape index (κ2) is 7.77. The van der Waals surface area contributed by atoms with Crippen LogP contribution >= 0.6 is 0 Å². The molecule has 1 unspecified atom stereocenters. The van der Waals surface area contributed by atoms with Gasteiger partial charge in [-0.1, -0.05) is 75.4 Å². The first-order valence-corrected chi connectivity index (χ1v) is 6.98. The Bertz CT molecular complexity index is 394. The lowest BCUT2D eigenvalue weighted by Gasteiger charge is -2.30. The Balaban J connectivity index is 2.99. The number of benzene rings is 1. The molecule has 0 radical (unpaired) electrons. The Hall–Kier alpha value is -1.48. The van der Waals surface area contributed by atoms with Gasteiger partial charge in [0.15, 0.2) is 0 Å². The average Bonchev–Trinajstić information content (AvgIpc) is 2.44. The summed E-state index contributed by atoms with van der Waals surface area (Å²) in [6.07, 6.45) is 15.6. The van der Waals surface area contributed by atoms with Crippen LogP contribution in [0.5, 0.6) is 0 Å². The van der Waals surface area contributed by atoms with Gasteiger partial charge in [0, 0.05) is 5.41 Å². The lowest BCUT2D eigenvalue weighted by atomic mass is 9.74. The van der Waals surface area contributed by atoms with Crippen LogP contribution in [0.25, 0.3) is 0 Å². The van der Waals surface area contributed by atoms with Crippen molar-refractivity contribution >= 4 is 0 Å². The van der Waals surface area contributed by atoms with Crippen molar-refractivity contribution in [3.8, 4) is 12.3 Å². The van der Waals surface area contributed by atoms with Gasteiger partial charge in [0.1, 0.15) is 0 Å². The molecule has 0 amide bonds. The van der Waals surface area contributed by atoms with Gasteiger partial charge in [-0.2, -0.15) is 0 Å². The highest BCUT2D eigenvalue weighted by molar-refractivity contribution is 5.32. The van der Waals surface area contributed by atoms with E-state index >= 15 is 0 Å². The lowest BCUT2D eigenvalue weighted by molar-refractivity contribution is 0.446. The molecule has 1 aromatic carbocycles. The predicted molar refractivity (Wildman–Crippen MR) is 80.5 cm³/mol. The molecule has 0 aromatic heterocycles. The third kappa shape index (κ3) is 3.77. The predicted octanol–water partition coefficient (Wildman–Crippen LogP) is 5.10. The summed E-state index contributed by atoms with van der Waals surface area (Å²) < 4.78 is 0. The molecule has 1 atom stereocenters. The number of terminal acetylenes is 1. The molecule has 0 heteroatoms. The molecule has 0 bridgehead atoms. The molecular weight excluding hydrogens is 216 g/mol. The normalized spacial score (nSPS) is 14.3. The van der Waals surface area contributed by atoms with E-state index in [0.29, 0.717) is 0 Å². The smallest absolute Gasteiger partial charge is 0.0138 e. The Morgan fingerprint density at radius 3 is 2.44 bits per heavy atom. The molecule has 0 aliphatic heterocycles. The average molecular weight is 240 g/mol. The quantitative estimate of drug-likeness (QED) is 0.459. The summed E-state index contributed by atoms with van der Waals surface area (Å²) in [6.45, 7) is 4.49. The van der Waals surface area contributed by atoms with E-state index in [-0.39, 0.29) is 5.41 Å². The minimum absolute atomic E-state index is 0.114. The van der Waals surface area contributed by atoms with E-state index in [1.165, 1.54) is 31.2 Å². The van der Waals surface area contributed by atoms with Crippen LogP contribution in [0.1, 0.15) is 51.5 Å². The fourth-order valence-corrected chi connectivity index (χ4v) is 2.49. The van der Waals surface area contributed by atoms with Crippen molar-refractivity contribution < 1.29 is 0 Å². The van der Waals surface area contributed by atoms with E-state index in [4.69, 9.17) is 6.42 Å². The molecule has 0 spiro atoms. The zero-order valence-corrected chi connectivity index (χ0v) is 11.7. The first-order valence-electron chi connectivity index (χ1n) is 6.98. The van der Waals surface area contributed by atoms with Gasteiger partial charge in [-0.3, -0.25) is 0 Å². The lowest BCUT2D eigenvalue weighted by Crippen LogP contribution is -2.22. The van der Waals surface area contributed by atoms with Crippen molar-refractivity contribution in [3.05, 3.63) is 48.0 Å². The van der Waals surface area contributed by atoms with Crippen molar-refractivity contribution in [1.29, 1.82) is 0 Å². The Morgan fingerprint density at radius 1 is 1.17 bits per heavy atom. The summed E-state index contributed by atoms with van der Waals surface area (Å²) in [5, 5.41) is 0.